The Hall–Kier alpha value is -1.59. The van der Waals surface area contributed by atoms with Crippen LogP contribution in [0.5, 0.6) is 0 Å². The quantitative estimate of drug-likeness (QED) is 0.718. The van der Waals surface area contributed by atoms with Gasteiger partial charge in [-0.15, -0.1) is 0 Å². The van der Waals surface area contributed by atoms with Crippen LogP contribution >= 0.6 is 0 Å². The molecule has 0 aromatic rings. The fourth-order valence-electron chi connectivity index (χ4n) is 1.34. The van der Waals surface area contributed by atoms with Crippen LogP contribution in [0, 0.1) is 5.92 Å². The molecule has 0 fully saturated rings. The van der Waals surface area contributed by atoms with Crippen molar-refractivity contribution in [1.29, 1.82) is 0 Å². The van der Waals surface area contributed by atoms with Crippen molar-refractivity contribution in [3.63, 3.8) is 0 Å². The Morgan fingerprint density at radius 3 is 1.52 bits per heavy atom. The van der Waals surface area contributed by atoms with Gasteiger partial charge in [0.15, 0.2) is 0 Å². The molecule has 0 saturated heterocycles. The van der Waals surface area contributed by atoms with Crippen molar-refractivity contribution in [1.82, 2.24) is 16.0 Å². The van der Waals surface area contributed by atoms with Crippen molar-refractivity contribution in [2.24, 2.45) is 5.92 Å². The van der Waals surface area contributed by atoms with Crippen LogP contribution in [0.1, 0.15) is 55.4 Å². The molecule has 3 amide bonds. The zero-order chi connectivity index (χ0) is 17.6. The lowest BCUT2D eigenvalue weighted by Gasteiger charge is -2.22. The maximum absolute atomic E-state index is 11.8. The van der Waals surface area contributed by atoms with Gasteiger partial charge in [-0.3, -0.25) is 14.4 Å². The van der Waals surface area contributed by atoms with Gasteiger partial charge in [-0.25, -0.2) is 0 Å². The first kappa shape index (κ1) is 24.4. The van der Waals surface area contributed by atoms with Gasteiger partial charge in [-0.2, -0.15) is 0 Å². The van der Waals surface area contributed by atoms with E-state index in [-0.39, 0.29) is 23.6 Å². The first-order valence-electron chi connectivity index (χ1n) is 7.58. The molecule has 6 nitrogen and oxygen atoms in total. The van der Waals surface area contributed by atoms with Gasteiger partial charge in [0.25, 0.3) is 0 Å². The standard InChI is InChI=1S/C11H21N3O3.2C2H6/c1-6(2)9(14-8(4)15)11(17)13-7(3)10(16)12-5;2*1-2/h6-7,9H,1-5H3,(H,12,16)(H,13,17)(H,14,15);2*1-2H3. The summed E-state index contributed by atoms with van der Waals surface area (Å²) in [7, 11) is 1.50. The predicted octanol–water partition coefficient (Wildman–Crippen LogP) is 1.45. The molecule has 0 saturated carbocycles. The summed E-state index contributed by atoms with van der Waals surface area (Å²) in [5, 5.41) is 7.55. The normalized spacial score (nSPS) is 11.7. The molecule has 0 radical (unpaired) electrons. The Bertz CT molecular complexity index is 305. The molecule has 126 valence electrons. The minimum Gasteiger partial charge on any atom is -0.357 e. The molecular weight excluding hydrogens is 270 g/mol. The van der Waals surface area contributed by atoms with E-state index < -0.39 is 12.1 Å². The van der Waals surface area contributed by atoms with Gasteiger partial charge >= 0.3 is 0 Å². The molecular formula is C15H33N3O3. The summed E-state index contributed by atoms with van der Waals surface area (Å²) in [6.45, 7) is 14.6. The molecule has 0 heterocycles. The molecule has 0 spiro atoms. The second-order valence-electron chi connectivity index (χ2n) is 4.27. The third kappa shape index (κ3) is 11.9. The van der Waals surface area contributed by atoms with E-state index in [9.17, 15) is 14.4 Å². The summed E-state index contributed by atoms with van der Waals surface area (Å²) >= 11 is 0. The molecule has 0 aliphatic heterocycles. The first-order chi connectivity index (χ1) is 9.79. The SMILES string of the molecule is CC.CC.CNC(=O)C(C)NC(=O)C(NC(C)=O)C(C)C. The Kier molecular flexibility index (Phi) is 17.2. The third-order valence-corrected chi connectivity index (χ3v) is 2.31. The largest absolute Gasteiger partial charge is 0.357 e. The fraction of sp³-hybridized carbons (Fsp3) is 0.800. The Balaban J connectivity index is -0.000000739. The van der Waals surface area contributed by atoms with E-state index in [0.29, 0.717) is 0 Å². The second kappa shape index (κ2) is 14.8. The topological polar surface area (TPSA) is 87.3 Å². The van der Waals surface area contributed by atoms with E-state index in [2.05, 4.69) is 16.0 Å². The van der Waals surface area contributed by atoms with Crippen molar-refractivity contribution >= 4 is 17.7 Å². The fourth-order valence-corrected chi connectivity index (χ4v) is 1.34. The van der Waals surface area contributed by atoms with Crippen molar-refractivity contribution in [2.45, 2.75) is 67.5 Å². The van der Waals surface area contributed by atoms with E-state index in [0.717, 1.165) is 0 Å². The first-order valence-corrected chi connectivity index (χ1v) is 7.58. The zero-order valence-electron chi connectivity index (χ0n) is 15.0. The van der Waals surface area contributed by atoms with Crippen LogP contribution in [0.25, 0.3) is 0 Å². The third-order valence-electron chi connectivity index (χ3n) is 2.31. The van der Waals surface area contributed by atoms with Gasteiger partial charge in [-0.1, -0.05) is 41.5 Å². The summed E-state index contributed by atoms with van der Waals surface area (Å²) in [4.78, 5) is 34.1. The summed E-state index contributed by atoms with van der Waals surface area (Å²) in [6, 6.07) is -1.25. The molecule has 0 rings (SSSR count). The van der Waals surface area contributed by atoms with Gasteiger partial charge in [0, 0.05) is 14.0 Å². The summed E-state index contributed by atoms with van der Waals surface area (Å²) in [5.74, 6) is -0.947. The maximum atomic E-state index is 11.8. The molecule has 0 aromatic heterocycles. The van der Waals surface area contributed by atoms with Crippen LogP contribution in [-0.4, -0.2) is 36.9 Å². The van der Waals surface area contributed by atoms with Gasteiger partial charge in [0.2, 0.25) is 17.7 Å². The van der Waals surface area contributed by atoms with E-state index >= 15 is 0 Å². The van der Waals surface area contributed by atoms with E-state index in [4.69, 9.17) is 0 Å². The highest BCUT2D eigenvalue weighted by Crippen LogP contribution is 2.02. The number of nitrogens with one attached hydrogen (secondary N) is 3. The van der Waals surface area contributed by atoms with Gasteiger partial charge in [-0.05, 0) is 12.8 Å². The van der Waals surface area contributed by atoms with Gasteiger partial charge < -0.3 is 16.0 Å². The average Bonchev–Trinajstić information content (AvgIpc) is 2.47. The summed E-state index contributed by atoms with van der Waals surface area (Å²) in [6.07, 6.45) is 0. The van der Waals surface area contributed by atoms with Crippen molar-refractivity contribution in [3.8, 4) is 0 Å². The number of likely N-dealkylation sites (N-methyl/N-ethyl adjacent to an activating group) is 1. The zero-order valence-corrected chi connectivity index (χ0v) is 15.0. The number of amides is 3. The Morgan fingerprint density at radius 2 is 1.24 bits per heavy atom. The number of carbonyl (C=O) groups excluding carboxylic acids is 3. The van der Waals surface area contributed by atoms with Crippen LogP contribution in [0.4, 0.5) is 0 Å². The molecule has 0 aromatic carbocycles. The molecule has 2 atom stereocenters. The summed E-state index contributed by atoms with van der Waals surface area (Å²) < 4.78 is 0. The van der Waals surface area contributed by atoms with Crippen LogP contribution in [0.3, 0.4) is 0 Å². The van der Waals surface area contributed by atoms with Crippen LogP contribution in [0.15, 0.2) is 0 Å². The molecule has 0 aliphatic rings. The number of hydrogen-bond acceptors (Lipinski definition) is 3. The predicted molar refractivity (Wildman–Crippen MR) is 86.8 cm³/mol. The van der Waals surface area contributed by atoms with E-state index in [1.54, 1.807) is 6.92 Å². The number of hydrogen-bond donors (Lipinski definition) is 3. The summed E-state index contributed by atoms with van der Waals surface area (Å²) in [5.41, 5.74) is 0. The van der Waals surface area contributed by atoms with E-state index in [1.807, 2.05) is 41.5 Å². The van der Waals surface area contributed by atoms with Crippen molar-refractivity contribution in [3.05, 3.63) is 0 Å². The lowest BCUT2D eigenvalue weighted by molar-refractivity contribution is -0.132. The number of carbonyl (C=O) groups is 3. The molecule has 6 heteroatoms. The van der Waals surface area contributed by atoms with E-state index in [1.165, 1.54) is 14.0 Å². The minimum atomic E-state index is -0.625. The molecule has 3 N–H and O–H groups in total. The Morgan fingerprint density at radius 1 is 0.810 bits per heavy atom. The highest BCUT2D eigenvalue weighted by molar-refractivity contribution is 5.91. The molecule has 0 bridgehead atoms. The van der Waals surface area contributed by atoms with Gasteiger partial charge in [0.1, 0.15) is 12.1 Å². The van der Waals surface area contributed by atoms with Crippen LogP contribution in [0.2, 0.25) is 0 Å². The second-order valence-corrected chi connectivity index (χ2v) is 4.27. The molecule has 21 heavy (non-hydrogen) atoms. The van der Waals surface area contributed by atoms with Crippen LogP contribution < -0.4 is 16.0 Å². The maximum Gasteiger partial charge on any atom is 0.243 e. The molecule has 0 aliphatic carbocycles. The smallest absolute Gasteiger partial charge is 0.243 e. The Labute approximate surface area is 129 Å². The average molecular weight is 303 g/mol. The highest BCUT2D eigenvalue weighted by atomic mass is 16.2. The lowest BCUT2D eigenvalue weighted by Crippen LogP contribution is -2.53. The van der Waals surface area contributed by atoms with Crippen molar-refractivity contribution < 1.29 is 14.4 Å². The molecule has 2 unspecified atom stereocenters. The van der Waals surface area contributed by atoms with Gasteiger partial charge in [0.05, 0.1) is 0 Å². The van der Waals surface area contributed by atoms with Crippen LogP contribution in [-0.2, 0) is 14.4 Å². The monoisotopic (exact) mass is 303 g/mol. The van der Waals surface area contributed by atoms with Crippen molar-refractivity contribution in [2.75, 3.05) is 7.05 Å². The number of rotatable bonds is 5. The minimum absolute atomic E-state index is 0.0456. The highest BCUT2D eigenvalue weighted by Gasteiger charge is 2.25. The lowest BCUT2D eigenvalue weighted by atomic mass is 10.0.